The number of sulfonamides is 1. The van der Waals surface area contributed by atoms with Gasteiger partial charge in [-0.05, 0) is 80.6 Å². The van der Waals surface area contributed by atoms with Gasteiger partial charge in [0, 0.05) is 29.1 Å². The topological polar surface area (TPSA) is 78.5 Å². The van der Waals surface area contributed by atoms with Crippen molar-refractivity contribution in [1.29, 1.82) is 0 Å². The second-order valence-electron chi connectivity index (χ2n) is 8.89. The largest absolute Gasteiger partial charge is 0.365 e. The summed E-state index contributed by atoms with van der Waals surface area (Å²) in [4.78, 5) is 16.7. The van der Waals surface area contributed by atoms with Crippen molar-refractivity contribution in [3.63, 3.8) is 0 Å². The van der Waals surface area contributed by atoms with E-state index in [2.05, 4.69) is 26.4 Å². The molecule has 1 aromatic heterocycles. The van der Waals surface area contributed by atoms with Crippen molar-refractivity contribution in [3.8, 4) is 0 Å². The zero-order chi connectivity index (χ0) is 22.9. The Hall–Kier alpha value is -2.68. The summed E-state index contributed by atoms with van der Waals surface area (Å²) in [6, 6.07) is 15.9. The second-order valence-corrected chi connectivity index (χ2v) is 11.6. The average Bonchev–Trinajstić information content (AvgIpc) is 3.20. The minimum Gasteiger partial charge on any atom is -0.365 e. The number of amides is 1. The quantitative estimate of drug-likeness (QED) is 0.571. The van der Waals surface area contributed by atoms with E-state index >= 15 is 0 Å². The van der Waals surface area contributed by atoms with Crippen LogP contribution in [0.15, 0.2) is 64.9 Å². The van der Waals surface area contributed by atoms with Crippen LogP contribution < -0.4 is 14.9 Å². The molecule has 0 saturated heterocycles. The van der Waals surface area contributed by atoms with Gasteiger partial charge in [-0.15, -0.1) is 11.3 Å². The highest BCUT2D eigenvalue weighted by molar-refractivity contribution is 7.89. The van der Waals surface area contributed by atoms with Crippen LogP contribution >= 0.6 is 11.3 Å². The second kappa shape index (κ2) is 8.69. The van der Waals surface area contributed by atoms with Crippen LogP contribution in [0.4, 0.5) is 11.4 Å². The summed E-state index contributed by atoms with van der Waals surface area (Å²) in [5, 5.41) is 5.12. The predicted molar refractivity (Wildman–Crippen MR) is 130 cm³/mol. The van der Waals surface area contributed by atoms with Crippen LogP contribution in [0, 0.1) is 0 Å². The summed E-state index contributed by atoms with van der Waals surface area (Å²) in [5.41, 5.74) is 2.86. The van der Waals surface area contributed by atoms with Crippen LogP contribution in [0.25, 0.3) is 0 Å². The maximum atomic E-state index is 12.9. The molecule has 32 heavy (non-hydrogen) atoms. The van der Waals surface area contributed by atoms with E-state index in [4.69, 9.17) is 0 Å². The van der Waals surface area contributed by atoms with Crippen LogP contribution in [0.5, 0.6) is 0 Å². The molecule has 0 spiro atoms. The first-order chi connectivity index (χ1) is 15.1. The van der Waals surface area contributed by atoms with E-state index < -0.39 is 15.6 Å². The van der Waals surface area contributed by atoms with Crippen molar-refractivity contribution in [2.24, 2.45) is 0 Å². The molecule has 0 bridgehead atoms. The number of carbonyl (C=O) groups excluding carboxylic acids is 1. The van der Waals surface area contributed by atoms with E-state index in [1.807, 2.05) is 24.3 Å². The molecule has 1 amide bonds. The maximum absolute atomic E-state index is 12.9. The number of para-hydroxylation sites is 2. The van der Waals surface area contributed by atoms with Crippen molar-refractivity contribution in [3.05, 3.63) is 76.0 Å². The van der Waals surface area contributed by atoms with Crippen molar-refractivity contribution < 1.29 is 13.2 Å². The number of nitrogens with one attached hydrogen (secondary N) is 2. The summed E-state index contributed by atoms with van der Waals surface area (Å²) in [5.74, 6) is -0.279. The molecule has 4 rings (SSSR count). The van der Waals surface area contributed by atoms with E-state index in [1.54, 1.807) is 32.1 Å². The molecule has 2 aromatic carbocycles. The van der Waals surface area contributed by atoms with Crippen LogP contribution in [0.1, 0.15) is 41.6 Å². The fraction of sp³-hybridized carbons (Fsp3) is 0.292. The molecule has 0 radical (unpaired) electrons. The van der Waals surface area contributed by atoms with Gasteiger partial charge < -0.3 is 10.2 Å². The highest BCUT2D eigenvalue weighted by Gasteiger charge is 2.23. The summed E-state index contributed by atoms with van der Waals surface area (Å²) in [7, 11) is -3.65. The molecule has 0 atom stereocenters. The number of nitrogens with zero attached hydrogens (tertiary/aromatic N) is 1. The molecule has 0 aliphatic carbocycles. The molecule has 0 unspecified atom stereocenters. The minimum atomic E-state index is -3.65. The first-order valence-corrected chi connectivity index (χ1v) is 12.8. The van der Waals surface area contributed by atoms with Gasteiger partial charge in [0.15, 0.2) is 0 Å². The molecule has 1 aliphatic rings. The van der Waals surface area contributed by atoms with Gasteiger partial charge in [0.1, 0.15) is 0 Å². The Bertz CT molecular complexity index is 1230. The number of hydrogen-bond donors (Lipinski definition) is 2. The van der Waals surface area contributed by atoms with Gasteiger partial charge in [0.2, 0.25) is 10.0 Å². The third-order valence-corrected chi connectivity index (χ3v) is 7.96. The highest BCUT2D eigenvalue weighted by Crippen LogP contribution is 2.32. The lowest BCUT2D eigenvalue weighted by Crippen LogP contribution is -2.40. The Morgan fingerprint density at radius 1 is 1.03 bits per heavy atom. The normalized spacial score (nSPS) is 14.2. The Kier molecular flexibility index (Phi) is 6.11. The third kappa shape index (κ3) is 5.03. The number of benzene rings is 2. The van der Waals surface area contributed by atoms with Gasteiger partial charge in [-0.1, -0.05) is 12.1 Å². The fourth-order valence-electron chi connectivity index (χ4n) is 3.75. The van der Waals surface area contributed by atoms with E-state index in [1.165, 1.54) is 34.7 Å². The van der Waals surface area contributed by atoms with Crippen LogP contribution in [0.3, 0.4) is 0 Å². The zero-order valence-corrected chi connectivity index (χ0v) is 20.0. The Balaban J connectivity index is 1.51. The number of rotatable bonds is 5. The molecule has 2 N–H and O–H groups in total. The summed E-state index contributed by atoms with van der Waals surface area (Å²) < 4.78 is 27.6. The van der Waals surface area contributed by atoms with Crippen LogP contribution in [-0.4, -0.2) is 26.4 Å². The van der Waals surface area contributed by atoms with Gasteiger partial charge in [0.05, 0.1) is 16.3 Å². The Morgan fingerprint density at radius 3 is 2.47 bits per heavy atom. The molecule has 0 saturated carbocycles. The average molecular weight is 470 g/mol. The molecule has 0 fully saturated rings. The minimum absolute atomic E-state index is 0.129. The van der Waals surface area contributed by atoms with Gasteiger partial charge >= 0.3 is 0 Å². The van der Waals surface area contributed by atoms with Crippen molar-refractivity contribution in [2.45, 2.75) is 44.2 Å². The first-order valence-electron chi connectivity index (χ1n) is 10.5. The summed E-state index contributed by atoms with van der Waals surface area (Å²) in [6.45, 7) is 7.06. The number of thiophene rings is 1. The molecule has 1 aliphatic heterocycles. The lowest BCUT2D eigenvalue weighted by molar-refractivity contribution is 0.102. The summed E-state index contributed by atoms with van der Waals surface area (Å²) in [6.07, 6.45) is 0.994. The summed E-state index contributed by atoms with van der Waals surface area (Å²) >= 11 is 1.80. The van der Waals surface area contributed by atoms with Gasteiger partial charge in [-0.3, -0.25) is 4.79 Å². The van der Waals surface area contributed by atoms with Crippen molar-refractivity contribution in [2.75, 3.05) is 16.8 Å². The lowest BCUT2D eigenvalue weighted by atomic mass is 10.1. The SMILES string of the molecule is CC(C)(C)NS(=O)(=O)c1ccc(C(=O)Nc2ccccc2N2CCc3sccc3C2)cc1. The predicted octanol–water partition coefficient (Wildman–Crippen LogP) is 4.64. The van der Waals surface area contributed by atoms with Gasteiger partial charge in [0.25, 0.3) is 5.91 Å². The molecular formula is C24H27N3O3S2. The first kappa shape index (κ1) is 22.5. The lowest BCUT2D eigenvalue weighted by Gasteiger charge is -2.30. The highest BCUT2D eigenvalue weighted by atomic mass is 32.2. The standard InChI is InChI=1S/C24H27N3O3S2/c1-24(2,3)26-32(29,30)19-10-8-17(9-11-19)23(28)25-20-6-4-5-7-21(20)27-14-12-22-18(16-27)13-15-31-22/h4-11,13,15,26H,12,14,16H2,1-3H3,(H,25,28). The van der Waals surface area contributed by atoms with E-state index in [-0.39, 0.29) is 10.8 Å². The Morgan fingerprint density at radius 2 is 1.75 bits per heavy atom. The van der Waals surface area contributed by atoms with Gasteiger partial charge in [-0.2, -0.15) is 0 Å². The van der Waals surface area contributed by atoms with E-state index in [0.29, 0.717) is 5.56 Å². The van der Waals surface area contributed by atoms with Gasteiger partial charge in [-0.25, -0.2) is 13.1 Å². The molecule has 3 aromatic rings. The van der Waals surface area contributed by atoms with Crippen molar-refractivity contribution >= 4 is 38.6 Å². The zero-order valence-electron chi connectivity index (χ0n) is 18.4. The monoisotopic (exact) mass is 469 g/mol. The molecule has 6 nitrogen and oxygen atoms in total. The Labute approximate surface area is 193 Å². The van der Waals surface area contributed by atoms with Crippen molar-refractivity contribution in [1.82, 2.24) is 4.72 Å². The fourth-order valence-corrected chi connectivity index (χ4v) is 6.06. The molecular weight excluding hydrogens is 442 g/mol. The smallest absolute Gasteiger partial charge is 0.255 e. The number of anilines is 2. The maximum Gasteiger partial charge on any atom is 0.255 e. The van der Waals surface area contributed by atoms with E-state index in [0.717, 1.165) is 30.9 Å². The number of hydrogen-bond acceptors (Lipinski definition) is 5. The molecule has 8 heteroatoms. The number of fused-ring (bicyclic) bond motifs is 1. The molecule has 2 heterocycles. The third-order valence-electron chi connectivity index (χ3n) is 5.17. The van der Waals surface area contributed by atoms with Crippen LogP contribution in [-0.2, 0) is 23.0 Å². The number of carbonyl (C=O) groups is 1. The molecule has 168 valence electrons. The van der Waals surface area contributed by atoms with E-state index in [9.17, 15) is 13.2 Å². The van der Waals surface area contributed by atoms with Crippen LogP contribution in [0.2, 0.25) is 0 Å².